The molecule has 0 aliphatic heterocycles. The molecule has 5 rings (SSSR count). The van der Waals surface area contributed by atoms with E-state index >= 15 is 0 Å². The van der Waals surface area contributed by atoms with E-state index in [0.29, 0.717) is 5.92 Å². The van der Waals surface area contributed by atoms with E-state index in [2.05, 4.69) is 111 Å². The molecule has 0 radical (unpaired) electrons. The predicted octanol–water partition coefficient (Wildman–Crippen LogP) is 10.2. The Morgan fingerprint density at radius 1 is 0.833 bits per heavy atom. The van der Waals surface area contributed by atoms with Crippen LogP contribution in [0.1, 0.15) is 68.9 Å². The highest BCUT2D eigenvalue weighted by molar-refractivity contribution is 5.95. The molecule has 0 heteroatoms. The van der Waals surface area contributed by atoms with E-state index < -0.39 is 0 Å². The second kappa shape index (κ2) is 12.4. The number of benzene rings is 3. The van der Waals surface area contributed by atoms with E-state index in [1.165, 1.54) is 39.0 Å². The minimum Gasteiger partial charge on any atom is -0.0990 e. The van der Waals surface area contributed by atoms with Crippen LogP contribution in [0.4, 0.5) is 0 Å². The van der Waals surface area contributed by atoms with Gasteiger partial charge < -0.3 is 0 Å². The third-order valence-electron chi connectivity index (χ3n) is 6.82. The molecular formula is C36H40. The average molecular weight is 473 g/mol. The highest BCUT2D eigenvalue weighted by Crippen LogP contribution is 2.58. The third kappa shape index (κ3) is 4.61. The second-order valence-electron chi connectivity index (χ2n) is 8.72. The molecule has 0 nitrogen and oxygen atoms in total. The molecule has 0 bridgehead atoms. The maximum Gasteiger partial charge on any atom is 0.0710 e. The average Bonchev–Trinajstić information content (AvgIpc) is 3.24. The van der Waals surface area contributed by atoms with Crippen LogP contribution in [0.3, 0.4) is 0 Å². The Bertz CT molecular complexity index is 1230. The van der Waals surface area contributed by atoms with Gasteiger partial charge in [0, 0.05) is 0 Å². The van der Waals surface area contributed by atoms with Crippen molar-refractivity contribution in [2.75, 3.05) is 0 Å². The second-order valence-corrected chi connectivity index (χ2v) is 8.72. The van der Waals surface area contributed by atoms with Gasteiger partial charge in [0.25, 0.3) is 0 Å². The fraction of sp³-hybridized carbons (Fsp3) is 0.222. The van der Waals surface area contributed by atoms with Crippen molar-refractivity contribution in [3.05, 3.63) is 156 Å². The summed E-state index contributed by atoms with van der Waals surface area (Å²) in [5, 5.41) is 0. The van der Waals surface area contributed by atoms with E-state index in [1.54, 1.807) is 0 Å². The van der Waals surface area contributed by atoms with Gasteiger partial charge in [-0.15, -0.1) is 0 Å². The Morgan fingerprint density at radius 2 is 1.42 bits per heavy atom. The molecule has 0 spiro atoms. The first-order chi connectivity index (χ1) is 17.7. The standard InChI is InChI=1S/C32H28.2C2H6/c1-4-12-24(5-2)25-18-19-28-29-21-23(3)17-20-30(29)32(31(28)22-25,26-13-8-6-9-14-26)27-15-10-7-11-16-27;2*1-2/h4-16,18-23H,1-2,17H2,3H3;2*1-2H3/b24-12+;;. The van der Waals surface area contributed by atoms with Crippen LogP contribution in [0.25, 0.3) is 11.1 Å². The summed E-state index contributed by atoms with van der Waals surface area (Å²) in [7, 11) is 0. The fourth-order valence-corrected chi connectivity index (χ4v) is 5.43. The molecule has 2 aliphatic rings. The molecule has 0 heterocycles. The van der Waals surface area contributed by atoms with E-state index in [0.717, 1.165) is 12.0 Å². The molecule has 0 fully saturated rings. The molecule has 3 aromatic rings. The van der Waals surface area contributed by atoms with Crippen molar-refractivity contribution in [3.8, 4) is 0 Å². The molecule has 184 valence electrons. The van der Waals surface area contributed by atoms with Gasteiger partial charge in [-0.2, -0.15) is 0 Å². The van der Waals surface area contributed by atoms with Gasteiger partial charge >= 0.3 is 0 Å². The third-order valence-corrected chi connectivity index (χ3v) is 6.82. The Hall–Kier alpha value is -3.64. The number of fused-ring (bicyclic) bond motifs is 3. The summed E-state index contributed by atoms with van der Waals surface area (Å²) in [6.07, 6.45) is 11.8. The van der Waals surface area contributed by atoms with Crippen molar-refractivity contribution >= 4 is 11.1 Å². The summed E-state index contributed by atoms with van der Waals surface area (Å²) in [5.74, 6) is 0.535. The number of hydrogen-bond donors (Lipinski definition) is 0. The van der Waals surface area contributed by atoms with Crippen LogP contribution in [0.5, 0.6) is 0 Å². The van der Waals surface area contributed by atoms with Gasteiger partial charge in [0.2, 0.25) is 0 Å². The number of hydrogen-bond acceptors (Lipinski definition) is 0. The van der Waals surface area contributed by atoms with Crippen molar-refractivity contribution in [2.24, 2.45) is 5.92 Å². The Kier molecular flexibility index (Phi) is 9.25. The maximum atomic E-state index is 4.05. The van der Waals surface area contributed by atoms with Gasteiger partial charge in [-0.3, -0.25) is 0 Å². The highest BCUT2D eigenvalue weighted by atomic mass is 14.5. The predicted molar refractivity (Wildman–Crippen MR) is 160 cm³/mol. The largest absolute Gasteiger partial charge is 0.0990 e. The van der Waals surface area contributed by atoms with Gasteiger partial charge in [0.05, 0.1) is 5.41 Å². The zero-order valence-electron chi connectivity index (χ0n) is 22.6. The fourth-order valence-electron chi connectivity index (χ4n) is 5.43. The molecule has 1 atom stereocenters. The first kappa shape index (κ1) is 27.0. The molecule has 0 aromatic heterocycles. The lowest BCUT2D eigenvalue weighted by Gasteiger charge is -2.35. The normalized spacial score (nSPS) is 17.0. The molecule has 36 heavy (non-hydrogen) atoms. The van der Waals surface area contributed by atoms with Crippen molar-refractivity contribution in [3.63, 3.8) is 0 Å². The Labute approximate surface area is 219 Å². The smallest absolute Gasteiger partial charge is 0.0710 e. The van der Waals surface area contributed by atoms with E-state index in [4.69, 9.17) is 0 Å². The van der Waals surface area contributed by atoms with E-state index in [9.17, 15) is 0 Å². The zero-order valence-corrected chi connectivity index (χ0v) is 22.6. The minimum atomic E-state index is -0.333. The summed E-state index contributed by atoms with van der Waals surface area (Å²) in [6, 6.07) is 28.8. The molecule has 0 N–H and O–H groups in total. The van der Waals surface area contributed by atoms with Crippen molar-refractivity contribution in [1.82, 2.24) is 0 Å². The number of allylic oxidation sites excluding steroid dienone is 8. The van der Waals surface area contributed by atoms with Gasteiger partial charge in [-0.05, 0) is 62.9 Å². The first-order valence-electron chi connectivity index (χ1n) is 13.3. The van der Waals surface area contributed by atoms with Gasteiger partial charge in [-0.25, -0.2) is 0 Å². The van der Waals surface area contributed by atoms with Crippen LogP contribution in [-0.4, -0.2) is 0 Å². The Morgan fingerprint density at radius 3 is 1.94 bits per heavy atom. The van der Waals surface area contributed by atoms with Gasteiger partial charge in [0.15, 0.2) is 0 Å². The van der Waals surface area contributed by atoms with Crippen LogP contribution in [0, 0.1) is 5.92 Å². The van der Waals surface area contributed by atoms with Gasteiger partial charge in [0.1, 0.15) is 0 Å². The van der Waals surface area contributed by atoms with E-state index in [1.807, 2.05) is 45.9 Å². The van der Waals surface area contributed by atoms with Crippen molar-refractivity contribution < 1.29 is 0 Å². The SMILES string of the molecule is C=C/C=C(\C=C)c1ccc2c(c1)C(c1ccccc1)(c1ccccc1)C1=CCC(C)C=C12.CC.CC. The lowest BCUT2D eigenvalue weighted by atomic mass is 9.66. The topological polar surface area (TPSA) is 0 Å². The monoisotopic (exact) mass is 472 g/mol. The summed E-state index contributed by atoms with van der Waals surface area (Å²) >= 11 is 0. The molecule has 3 aromatic carbocycles. The molecule has 0 amide bonds. The van der Waals surface area contributed by atoms with E-state index in [-0.39, 0.29) is 5.41 Å². The summed E-state index contributed by atoms with van der Waals surface area (Å²) in [6.45, 7) is 18.2. The molecular weight excluding hydrogens is 432 g/mol. The quantitative estimate of drug-likeness (QED) is 0.324. The summed E-state index contributed by atoms with van der Waals surface area (Å²) in [4.78, 5) is 0. The van der Waals surface area contributed by atoms with Crippen LogP contribution >= 0.6 is 0 Å². The minimum absolute atomic E-state index is 0.333. The van der Waals surface area contributed by atoms with Gasteiger partial charge in [-0.1, -0.05) is 151 Å². The lowest BCUT2D eigenvalue weighted by molar-refractivity contribution is 0.704. The zero-order chi connectivity index (χ0) is 26.1. The molecule has 2 aliphatic carbocycles. The summed E-state index contributed by atoms with van der Waals surface area (Å²) in [5.41, 5.74) is 10.0. The van der Waals surface area contributed by atoms with Crippen molar-refractivity contribution in [2.45, 2.75) is 46.5 Å². The van der Waals surface area contributed by atoms with Crippen LogP contribution in [0.15, 0.2) is 128 Å². The molecule has 1 unspecified atom stereocenters. The molecule has 0 saturated heterocycles. The maximum absolute atomic E-state index is 4.05. The van der Waals surface area contributed by atoms with Crippen molar-refractivity contribution in [1.29, 1.82) is 0 Å². The highest BCUT2D eigenvalue weighted by Gasteiger charge is 2.48. The Balaban J connectivity index is 0.000000861. The van der Waals surface area contributed by atoms with Crippen LogP contribution in [-0.2, 0) is 5.41 Å². The van der Waals surface area contributed by atoms with Crippen LogP contribution in [0.2, 0.25) is 0 Å². The molecule has 0 saturated carbocycles. The summed E-state index contributed by atoms with van der Waals surface area (Å²) < 4.78 is 0. The van der Waals surface area contributed by atoms with Crippen LogP contribution < -0.4 is 0 Å². The number of rotatable bonds is 5. The lowest BCUT2D eigenvalue weighted by Crippen LogP contribution is -2.29. The first-order valence-corrected chi connectivity index (χ1v) is 13.3.